The minimum Gasteiger partial charge on any atom is -0.370 e. The number of nitrogens with zero attached hydrogens (tertiary/aromatic N) is 2. The Hall–Kier alpha value is -7.55. The van der Waals surface area contributed by atoms with E-state index in [0.717, 1.165) is 32.5 Å². The predicted octanol–water partition coefficient (Wildman–Crippen LogP) is -2.60. The van der Waals surface area contributed by atoms with E-state index < -0.39 is 107 Å². The largest absolute Gasteiger partial charge is 0.370 e. The molecule has 2 heterocycles. The Kier molecular flexibility index (Phi) is 22.8. The molecule has 20 N–H and O–H groups in total. The Labute approximate surface area is 435 Å². The summed E-state index contributed by atoms with van der Waals surface area (Å²) in [5, 5.41) is 19.3. The fraction of sp³-hybridized carbons (Fsp3) is 0.468. The number of primary amides is 2. The summed E-state index contributed by atoms with van der Waals surface area (Å²) in [7, 11) is 2.29. The lowest BCUT2D eigenvalue weighted by atomic mass is 9.99. The SMILES string of the molecule is CC(=O)N[C@@H](CCCN=C(N)N)C(=O)N[C@H]1CCSSC(C)(C)[C@@H](C(N)=O)NC(=O)[C@H](Cc2c[nH]c3ccccc23)NC(=O)[C@H](CCCN=C(N)N)NC(=O)[C@@H](Cc2ccccc2)NC(=O)[C@H](CC(N)=O)NC1=O. The van der Waals surface area contributed by atoms with Crippen LogP contribution in [0.3, 0.4) is 0 Å². The lowest BCUT2D eigenvalue weighted by Gasteiger charge is -2.33. The lowest BCUT2D eigenvalue weighted by Crippen LogP contribution is -2.61. The van der Waals surface area contributed by atoms with Crippen LogP contribution >= 0.6 is 21.6 Å². The number of nitrogens with two attached hydrogens (primary N) is 6. The summed E-state index contributed by atoms with van der Waals surface area (Å²) in [6.07, 6.45) is 0.913. The molecule has 1 aliphatic rings. The number of aliphatic imine (C=N–C) groups is 2. The van der Waals surface area contributed by atoms with Crippen LogP contribution in [0.2, 0.25) is 0 Å². The third kappa shape index (κ3) is 19.1. The zero-order valence-electron chi connectivity index (χ0n) is 41.4. The Balaban J connectivity index is 1.82. The maximum Gasteiger partial charge on any atom is 0.243 e. The smallest absolute Gasteiger partial charge is 0.243 e. The summed E-state index contributed by atoms with van der Waals surface area (Å²) in [4.78, 5) is 135. The van der Waals surface area contributed by atoms with Crippen LogP contribution in [-0.4, -0.2) is 136 Å². The molecule has 9 amide bonds. The zero-order valence-corrected chi connectivity index (χ0v) is 43.1. The van der Waals surface area contributed by atoms with Crippen LogP contribution in [0.5, 0.6) is 0 Å². The Morgan fingerprint density at radius 3 is 1.92 bits per heavy atom. The van der Waals surface area contributed by atoms with Crippen molar-refractivity contribution in [2.75, 3.05) is 18.8 Å². The van der Waals surface area contributed by atoms with Crippen molar-refractivity contribution in [3.05, 3.63) is 71.9 Å². The van der Waals surface area contributed by atoms with Gasteiger partial charge in [0.05, 0.1) is 6.42 Å². The first-order valence-electron chi connectivity index (χ1n) is 23.7. The van der Waals surface area contributed by atoms with Crippen molar-refractivity contribution in [3.8, 4) is 0 Å². The summed E-state index contributed by atoms with van der Waals surface area (Å²) in [6.45, 7) is 4.66. The van der Waals surface area contributed by atoms with Crippen LogP contribution in [0.15, 0.2) is 70.8 Å². The van der Waals surface area contributed by atoms with E-state index >= 15 is 0 Å². The van der Waals surface area contributed by atoms with Gasteiger partial charge >= 0.3 is 0 Å². The van der Waals surface area contributed by atoms with E-state index in [1.165, 1.54) is 6.92 Å². The van der Waals surface area contributed by atoms with Gasteiger partial charge in [0.1, 0.15) is 42.3 Å². The lowest BCUT2D eigenvalue weighted by molar-refractivity contribution is -0.136. The molecule has 4 rings (SSSR count). The number of benzene rings is 2. The van der Waals surface area contributed by atoms with Gasteiger partial charge in [-0.1, -0.05) is 70.1 Å². The molecule has 0 saturated carbocycles. The van der Waals surface area contributed by atoms with Crippen molar-refractivity contribution in [3.63, 3.8) is 0 Å². The number of carbonyl (C=O) groups excluding carboxylic acids is 9. The molecular weight excluding hydrogens is 997 g/mol. The van der Waals surface area contributed by atoms with Crippen LogP contribution in [-0.2, 0) is 56.0 Å². The third-order valence-corrected chi connectivity index (χ3v) is 14.9. The number of guanidine groups is 2. The summed E-state index contributed by atoms with van der Waals surface area (Å²) in [6, 6.07) is 5.92. The Morgan fingerprint density at radius 1 is 0.716 bits per heavy atom. The molecule has 7 atom stereocenters. The number of nitrogens with one attached hydrogen (secondary N) is 8. The van der Waals surface area contributed by atoms with Gasteiger partial charge in [0, 0.05) is 60.5 Å². The monoisotopic (exact) mass is 1060 g/mol. The standard InChI is InChI=1S/C47H68N16O9S2/c1-25(64)57-30(15-9-18-54-45(50)51)39(67)59-32-17-20-73-74-47(2,3)37(38(49)66)63-44(72)34(22-27-24-56-29-14-8-7-13-28(27)29)61-40(68)31(16-10-19-55-46(52)53)58-42(70)33(21-26-11-5-4-6-12-26)60-43(71)35(23-36(48)65)62-41(32)69/h4-8,11-14,24,30-35,37,56H,9-10,15-23H2,1-3H3,(H2,48,65)(H2,49,66)(H,57,64)(H,58,70)(H,59,67)(H,60,71)(H,61,68)(H,62,69)(H,63,72)(H4,50,51,54)(H4,52,53,55)/t30-,31-,32-,33+,34-,35-,37+/m0/s1. The molecule has 1 aromatic heterocycles. The number of hydrogen-bond acceptors (Lipinski definition) is 13. The second-order valence-electron chi connectivity index (χ2n) is 18.0. The molecule has 0 unspecified atom stereocenters. The average molecular weight is 1070 g/mol. The molecule has 0 bridgehead atoms. The second-order valence-corrected chi connectivity index (χ2v) is 21.1. The highest BCUT2D eigenvalue weighted by Gasteiger charge is 2.40. The van der Waals surface area contributed by atoms with Crippen molar-refractivity contribution in [2.45, 2.75) is 119 Å². The predicted molar refractivity (Wildman–Crippen MR) is 283 cm³/mol. The van der Waals surface area contributed by atoms with E-state index in [-0.39, 0.29) is 75.7 Å². The molecule has 1 saturated heterocycles. The molecule has 27 heteroatoms. The molecule has 0 spiro atoms. The Bertz CT molecular complexity index is 2530. The summed E-state index contributed by atoms with van der Waals surface area (Å²) in [5.41, 5.74) is 35.5. The van der Waals surface area contributed by atoms with Gasteiger partial charge < -0.3 is 76.6 Å². The van der Waals surface area contributed by atoms with E-state index in [1.807, 2.05) is 24.3 Å². The van der Waals surface area contributed by atoms with Crippen molar-refractivity contribution in [1.29, 1.82) is 0 Å². The maximum absolute atomic E-state index is 14.6. The molecular formula is C47H68N16O9S2. The zero-order chi connectivity index (χ0) is 54.5. The quantitative estimate of drug-likeness (QED) is 0.0269. The van der Waals surface area contributed by atoms with Crippen LogP contribution in [0, 0.1) is 0 Å². The van der Waals surface area contributed by atoms with Gasteiger partial charge in [0.25, 0.3) is 0 Å². The van der Waals surface area contributed by atoms with Gasteiger partial charge in [-0.25, -0.2) is 0 Å². The summed E-state index contributed by atoms with van der Waals surface area (Å²) >= 11 is 0. The third-order valence-electron chi connectivity index (χ3n) is 11.6. The van der Waals surface area contributed by atoms with Gasteiger partial charge in [0.15, 0.2) is 11.9 Å². The molecule has 3 aromatic rings. The van der Waals surface area contributed by atoms with Crippen LogP contribution in [0.25, 0.3) is 10.9 Å². The minimum absolute atomic E-state index is 0.0414. The first-order valence-corrected chi connectivity index (χ1v) is 26.0. The normalized spacial score (nSPS) is 21.6. The van der Waals surface area contributed by atoms with Crippen molar-refractivity contribution in [2.24, 2.45) is 44.4 Å². The van der Waals surface area contributed by atoms with E-state index in [4.69, 9.17) is 34.4 Å². The number of rotatable bonds is 18. The molecule has 1 fully saturated rings. The highest BCUT2D eigenvalue weighted by Crippen LogP contribution is 2.39. The number of fused-ring (bicyclic) bond motifs is 1. The summed E-state index contributed by atoms with van der Waals surface area (Å²) < 4.78 is -1.17. The van der Waals surface area contributed by atoms with Gasteiger partial charge in [-0.2, -0.15) is 0 Å². The molecule has 402 valence electrons. The average Bonchev–Trinajstić information content (AvgIpc) is 3.74. The number of aromatic nitrogens is 1. The molecule has 1 aliphatic heterocycles. The van der Waals surface area contributed by atoms with Crippen LogP contribution in [0.1, 0.15) is 70.4 Å². The maximum atomic E-state index is 14.6. The van der Waals surface area contributed by atoms with Crippen molar-refractivity contribution >= 4 is 97.6 Å². The van der Waals surface area contributed by atoms with Crippen LogP contribution < -0.4 is 71.6 Å². The number of H-pyrrole nitrogens is 1. The fourth-order valence-electron chi connectivity index (χ4n) is 7.86. The van der Waals surface area contributed by atoms with Gasteiger partial charge in [-0.3, -0.25) is 53.1 Å². The van der Waals surface area contributed by atoms with E-state index in [0.29, 0.717) is 11.1 Å². The molecule has 74 heavy (non-hydrogen) atoms. The topological polar surface area (TPSA) is 434 Å². The first kappa shape index (κ1) is 59.0. The van der Waals surface area contributed by atoms with E-state index in [2.05, 4.69) is 52.2 Å². The molecule has 0 radical (unpaired) electrons. The van der Waals surface area contributed by atoms with Crippen molar-refractivity contribution < 1.29 is 43.2 Å². The molecule has 25 nitrogen and oxygen atoms in total. The Morgan fingerprint density at radius 2 is 1.28 bits per heavy atom. The van der Waals surface area contributed by atoms with Crippen molar-refractivity contribution in [1.82, 2.24) is 42.2 Å². The minimum atomic E-state index is -1.70. The van der Waals surface area contributed by atoms with Gasteiger partial charge in [0.2, 0.25) is 53.2 Å². The summed E-state index contributed by atoms with van der Waals surface area (Å²) in [5.74, 6) is -8.01. The first-order chi connectivity index (χ1) is 35.0. The second kappa shape index (κ2) is 28.6. The number of aromatic amines is 1. The fourth-order valence-corrected chi connectivity index (χ4v) is 10.6. The van der Waals surface area contributed by atoms with Crippen LogP contribution in [0.4, 0.5) is 0 Å². The highest BCUT2D eigenvalue weighted by atomic mass is 33.1. The number of amides is 9. The highest BCUT2D eigenvalue weighted by molar-refractivity contribution is 8.77. The van der Waals surface area contributed by atoms with E-state index in [1.54, 1.807) is 50.4 Å². The van der Waals surface area contributed by atoms with Gasteiger partial charge in [-0.05, 0) is 63.1 Å². The molecule has 0 aliphatic carbocycles. The number of hydrogen-bond donors (Lipinski definition) is 14. The van der Waals surface area contributed by atoms with Gasteiger partial charge in [-0.15, -0.1) is 0 Å². The molecule has 2 aromatic carbocycles. The number of carbonyl (C=O) groups is 9. The number of para-hydroxylation sites is 1. The van der Waals surface area contributed by atoms with E-state index in [9.17, 15) is 43.2 Å².